The number of hydrogen-bond donors (Lipinski definition) is 0. The Morgan fingerprint density at radius 3 is 2.52 bits per heavy atom. The molecule has 1 atom stereocenters. The molecule has 23 heavy (non-hydrogen) atoms. The van der Waals surface area contributed by atoms with Gasteiger partial charge in [-0.3, -0.25) is 9.08 Å². The molecule has 1 aliphatic heterocycles. The van der Waals surface area contributed by atoms with Crippen LogP contribution < -0.4 is 0 Å². The quantitative estimate of drug-likeness (QED) is 0.458. The normalized spacial score (nSPS) is 20.6. The topological polar surface area (TPSA) is 55.8 Å². The third-order valence-corrected chi connectivity index (χ3v) is 4.25. The lowest BCUT2D eigenvalue weighted by Crippen LogP contribution is -2.44. The van der Waals surface area contributed by atoms with E-state index < -0.39 is 28.3 Å². The van der Waals surface area contributed by atoms with Gasteiger partial charge >= 0.3 is 15.6 Å². The SMILES string of the molecule is O=S(=O)(OCC1CN(Cc2ccc(F)cc2)CCO1)C(F)(F)F. The van der Waals surface area contributed by atoms with Crippen molar-refractivity contribution in [1.82, 2.24) is 4.90 Å². The van der Waals surface area contributed by atoms with E-state index in [1.54, 1.807) is 12.1 Å². The third-order valence-electron chi connectivity index (χ3n) is 3.23. The van der Waals surface area contributed by atoms with Crippen LogP contribution in [0.3, 0.4) is 0 Å². The highest BCUT2D eigenvalue weighted by atomic mass is 32.2. The van der Waals surface area contributed by atoms with Gasteiger partial charge < -0.3 is 4.74 Å². The van der Waals surface area contributed by atoms with Gasteiger partial charge in [-0.15, -0.1) is 0 Å². The van der Waals surface area contributed by atoms with Gasteiger partial charge in [0.15, 0.2) is 0 Å². The molecule has 0 aromatic heterocycles. The third kappa shape index (κ3) is 5.13. The molecule has 0 saturated carbocycles. The smallest absolute Gasteiger partial charge is 0.373 e. The molecule has 1 aromatic rings. The second-order valence-electron chi connectivity index (χ2n) is 5.04. The summed E-state index contributed by atoms with van der Waals surface area (Å²) in [5, 5.41) is 0. The van der Waals surface area contributed by atoms with E-state index in [-0.39, 0.29) is 19.0 Å². The second-order valence-corrected chi connectivity index (χ2v) is 6.65. The first-order chi connectivity index (χ1) is 10.7. The second kappa shape index (κ2) is 7.12. The Morgan fingerprint density at radius 2 is 1.91 bits per heavy atom. The lowest BCUT2D eigenvalue weighted by atomic mass is 10.2. The maximum atomic E-state index is 12.8. The van der Waals surface area contributed by atoms with Crippen LogP contribution in [0.25, 0.3) is 0 Å². The predicted molar refractivity (Wildman–Crippen MR) is 72.3 cm³/mol. The van der Waals surface area contributed by atoms with Crippen LogP contribution in [0.2, 0.25) is 0 Å². The zero-order valence-electron chi connectivity index (χ0n) is 11.9. The van der Waals surface area contributed by atoms with Crippen LogP contribution in [0.1, 0.15) is 5.56 Å². The molecule has 0 aliphatic carbocycles. The van der Waals surface area contributed by atoms with Crippen LogP contribution in [-0.4, -0.2) is 51.2 Å². The van der Waals surface area contributed by atoms with Crippen molar-refractivity contribution < 1.29 is 34.9 Å². The molecule has 1 aliphatic rings. The summed E-state index contributed by atoms with van der Waals surface area (Å²) in [6, 6.07) is 5.83. The molecule has 2 rings (SSSR count). The van der Waals surface area contributed by atoms with Crippen molar-refractivity contribution in [3.63, 3.8) is 0 Å². The molecule has 0 amide bonds. The van der Waals surface area contributed by atoms with Crippen molar-refractivity contribution in [2.24, 2.45) is 0 Å². The van der Waals surface area contributed by atoms with Crippen molar-refractivity contribution >= 4 is 10.1 Å². The lowest BCUT2D eigenvalue weighted by Gasteiger charge is -2.32. The van der Waals surface area contributed by atoms with Crippen molar-refractivity contribution in [3.8, 4) is 0 Å². The molecule has 1 saturated heterocycles. The standard InChI is InChI=1S/C13H15F4NO4S/c14-11-3-1-10(2-4-11)7-18-5-6-21-12(8-18)9-22-23(19,20)13(15,16)17/h1-4,12H,5-9H2. The van der Waals surface area contributed by atoms with Crippen molar-refractivity contribution in [3.05, 3.63) is 35.6 Å². The number of hydrogen-bond acceptors (Lipinski definition) is 5. The summed E-state index contributed by atoms with van der Waals surface area (Å²) in [4.78, 5) is 1.87. The van der Waals surface area contributed by atoms with Gasteiger partial charge in [0.2, 0.25) is 0 Å². The molecule has 5 nitrogen and oxygen atoms in total. The Labute approximate surface area is 130 Å². The molecule has 0 radical (unpaired) electrons. The minimum absolute atomic E-state index is 0.213. The Hall–Kier alpha value is -1.23. The summed E-state index contributed by atoms with van der Waals surface area (Å²) in [6.07, 6.45) is -0.790. The molecule has 1 aromatic carbocycles. The summed E-state index contributed by atoms with van der Waals surface area (Å²) < 4.78 is 80.3. The van der Waals surface area contributed by atoms with E-state index >= 15 is 0 Å². The first-order valence-corrected chi connectivity index (χ1v) is 8.12. The van der Waals surface area contributed by atoms with Crippen molar-refractivity contribution in [1.29, 1.82) is 0 Å². The van der Waals surface area contributed by atoms with Crippen molar-refractivity contribution in [2.45, 2.75) is 18.2 Å². The molecule has 1 heterocycles. The van der Waals surface area contributed by atoms with Crippen molar-refractivity contribution in [2.75, 3.05) is 26.3 Å². The fourth-order valence-corrected chi connectivity index (χ4v) is 2.57. The number of benzene rings is 1. The Bertz CT molecular complexity index is 618. The van der Waals surface area contributed by atoms with Crippen LogP contribution in [-0.2, 0) is 25.6 Å². The molecule has 1 fully saturated rings. The lowest BCUT2D eigenvalue weighted by molar-refractivity contribution is -0.0701. The predicted octanol–water partition coefficient (Wildman–Crippen LogP) is 1.89. The summed E-state index contributed by atoms with van der Waals surface area (Å²) in [7, 11) is -5.62. The first kappa shape index (κ1) is 18.1. The molecule has 0 spiro atoms. The minimum atomic E-state index is -5.62. The fourth-order valence-electron chi connectivity index (χ4n) is 2.11. The van der Waals surface area contributed by atoms with Crippen LogP contribution >= 0.6 is 0 Å². The van der Waals surface area contributed by atoms with Gasteiger partial charge in [-0.1, -0.05) is 12.1 Å². The fraction of sp³-hybridized carbons (Fsp3) is 0.538. The largest absolute Gasteiger partial charge is 0.523 e. The Morgan fingerprint density at radius 1 is 1.26 bits per heavy atom. The van der Waals surface area contributed by atoms with Gasteiger partial charge in [0.25, 0.3) is 0 Å². The number of ether oxygens (including phenoxy) is 1. The molecular formula is C13H15F4NO4S. The molecule has 130 valence electrons. The Kier molecular flexibility index (Phi) is 5.61. The van der Waals surface area contributed by atoms with E-state index in [9.17, 15) is 26.0 Å². The van der Waals surface area contributed by atoms with Crippen LogP contribution in [0.4, 0.5) is 17.6 Å². The number of halogens is 4. The summed E-state index contributed by atoms with van der Waals surface area (Å²) in [6.45, 7) is 0.722. The van der Waals surface area contributed by atoms with E-state index in [1.807, 2.05) is 4.90 Å². The first-order valence-electron chi connectivity index (χ1n) is 6.71. The van der Waals surface area contributed by atoms with E-state index in [1.165, 1.54) is 12.1 Å². The number of nitrogens with zero attached hydrogens (tertiary/aromatic N) is 1. The van der Waals surface area contributed by atoms with E-state index in [2.05, 4.69) is 4.18 Å². The number of morpholine rings is 1. The van der Waals surface area contributed by atoms with Crippen LogP contribution in [0.15, 0.2) is 24.3 Å². The van der Waals surface area contributed by atoms with Crippen LogP contribution in [0.5, 0.6) is 0 Å². The number of alkyl halides is 3. The molecule has 0 bridgehead atoms. The van der Waals surface area contributed by atoms with Crippen LogP contribution in [0, 0.1) is 5.82 Å². The zero-order valence-corrected chi connectivity index (χ0v) is 12.7. The molecule has 0 N–H and O–H groups in total. The highest BCUT2D eigenvalue weighted by Gasteiger charge is 2.47. The highest BCUT2D eigenvalue weighted by Crippen LogP contribution is 2.25. The summed E-state index contributed by atoms with van der Waals surface area (Å²) >= 11 is 0. The van der Waals surface area contributed by atoms with Gasteiger partial charge in [-0.05, 0) is 17.7 Å². The summed E-state index contributed by atoms with van der Waals surface area (Å²) in [5.74, 6) is -0.362. The van der Waals surface area contributed by atoms with Gasteiger partial charge in [-0.25, -0.2) is 4.39 Å². The molecule has 1 unspecified atom stereocenters. The maximum absolute atomic E-state index is 12.8. The minimum Gasteiger partial charge on any atom is -0.373 e. The van der Waals surface area contributed by atoms with E-state index in [0.717, 1.165) is 5.56 Å². The average molecular weight is 357 g/mol. The summed E-state index contributed by atoms with van der Waals surface area (Å²) in [5.41, 5.74) is -4.62. The average Bonchev–Trinajstić information content (AvgIpc) is 2.47. The molecule has 10 heteroatoms. The van der Waals surface area contributed by atoms with Gasteiger partial charge in [0.1, 0.15) is 5.82 Å². The monoisotopic (exact) mass is 357 g/mol. The Balaban J connectivity index is 1.87. The molecular weight excluding hydrogens is 342 g/mol. The van der Waals surface area contributed by atoms with Gasteiger partial charge in [0, 0.05) is 19.6 Å². The highest BCUT2D eigenvalue weighted by molar-refractivity contribution is 7.87. The van der Waals surface area contributed by atoms with Gasteiger partial charge in [0.05, 0.1) is 19.3 Å². The van der Waals surface area contributed by atoms with E-state index in [4.69, 9.17) is 4.74 Å². The van der Waals surface area contributed by atoms with E-state index in [0.29, 0.717) is 13.1 Å². The maximum Gasteiger partial charge on any atom is 0.523 e. The van der Waals surface area contributed by atoms with Gasteiger partial charge in [-0.2, -0.15) is 21.6 Å². The zero-order chi connectivity index (χ0) is 17.1. The number of rotatable bonds is 5.